The highest BCUT2D eigenvalue weighted by molar-refractivity contribution is 7.13. The van der Waals surface area contributed by atoms with Gasteiger partial charge in [-0.1, -0.05) is 35.9 Å². The summed E-state index contributed by atoms with van der Waals surface area (Å²) in [6, 6.07) is 12.4. The van der Waals surface area contributed by atoms with Crippen molar-refractivity contribution >= 4 is 17.3 Å². The van der Waals surface area contributed by atoms with Crippen LogP contribution in [0.5, 0.6) is 0 Å². The second kappa shape index (κ2) is 5.24. The number of hydrogen-bond donors (Lipinski definition) is 2. The van der Waals surface area contributed by atoms with Crippen LogP contribution in [0.4, 0.5) is 5.95 Å². The van der Waals surface area contributed by atoms with Crippen LogP contribution >= 0.6 is 11.3 Å². The molecule has 19 heavy (non-hydrogen) atoms. The second-order valence-corrected chi connectivity index (χ2v) is 5.27. The lowest BCUT2D eigenvalue weighted by molar-refractivity contribution is 1.04. The molecule has 0 aliphatic rings. The Morgan fingerprint density at radius 3 is 2.79 bits per heavy atom. The van der Waals surface area contributed by atoms with Gasteiger partial charge in [-0.25, -0.2) is 0 Å². The maximum atomic E-state index is 4.42. The summed E-state index contributed by atoms with van der Waals surface area (Å²) in [6.07, 6.45) is 0. The monoisotopic (exact) mass is 270 g/mol. The average molecular weight is 270 g/mol. The molecule has 96 valence electrons. The number of aromatic amines is 1. The summed E-state index contributed by atoms with van der Waals surface area (Å²) in [7, 11) is 0. The van der Waals surface area contributed by atoms with E-state index in [-0.39, 0.29) is 0 Å². The molecule has 0 aliphatic carbocycles. The first-order valence-corrected chi connectivity index (χ1v) is 6.95. The Morgan fingerprint density at radius 2 is 2.05 bits per heavy atom. The van der Waals surface area contributed by atoms with Crippen molar-refractivity contribution in [2.75, 3.05) is 5.32 Å². The SMILES string of the molecule is Cc1ccc(CNc2n[nH]c(-c3cccs3)n2)cc1. The van der Waals surface area contributed by atoms with Crippen molar-refractivity contribution in [3.8, 4) is 10.7 Å². The summed E-state index contributed by atoms with van der Waals surface area (Å²) in [4.78, 5) is 5.51. The summed E-state index contributed by atoms with van der Waals surface area (Å²) in [5.74, 6) is 1.44. The molecule has 0 fully saturated rings. The number of benzene rings is 1. The van der Waals surface area contributed by atoms with E-state index >= 15 is 0 Å². The maximum absolute atomic E-state index is 4.42. The first kappa shape index (κ1) is 11.9. The van der Waals surface area contributed by atoms with Crippen molar-refractivity contribution in [1.29, 1.82) is 0 Å². The molecule has 3 rings (SSSR count). The van der Waals surface area contributed by atoms with Gasteiger partial charge in [0.15, 0.2) is 5.82 Å². The second-order valence-electron chi connectivity index (χ2n) is 4.32. The quantitative estimate of drug-likeness (QED) is 0.763. The van der Waals surface area contributed by atoms with Crippen molar-refractivity contribution in [3.63, 3.8) is 0 Å². The molecule has 4 nitrogen and oxygen atoms in total. The van der Waals surface area contributed by atoms with E-state index in [0.29, 0.717) is 5.95 Å². The van der Waals surface area contributed by atoms with E-state index in [1.165, 1.54) is 11.1 Å². The minimum absolute atomic E-state index is 0.629. The lowest BCUT2D eigenvalue weighted by Gasteiger charge is -2.02. The molecule has 2 N–H and O–H groups in total. The highest BCUT2D eigenvalue weighted by Gasteiger charge is 2.05. The summed E-state index contributed by atoms with van der Waals surface area (Å²) in [5, 5.41) is 12.3. The van der Waals surface area contributed by atoms with Gasteiger partial charge in [-0.2, -0.15) is 4.98 Å². The molecule has 0 unspecified atom stereocenters. The van der Waals surface area contributed by atoms with Crippen LogP contribution in [0.3, 0.4) is 0 Å². The summed E-state index contributed by atoms with van der Waals surface area (Å²) in [6.45, 7) is 2.81. The number of nitrogens with one attached hydrogen (secondary N) is 2. The predicted octanol–water partition coefficient (Wildman–Crippen LogP) is 3.45. The number of aromatic nitrogens is 3. The van der Waals surface area contributed by atoms with Crippen LogP contribution in [0, 0.1) is 6.92 Å². The first-order valence-electron chi connectivity index (χ1n) is 6.07. The number of H-pyrrole nitrogens is 1. The van der Waals surface area contributed by atoms with Gasteiger partial charge in [-0.15, -0.1) is 16.4 Å². The highest BCUT2D eigenvalue weighted by Crippen LogP contribution is 2.21. The number of aryl methyl sites for hydroxylation is 1. The van der Waals surface area contributed by atoms with Gasteiger partial charge in [-0.3, -0.25) is 5.10 Å². The Labute approximate surface area is 115 Å². The van der Waals surface area contributed by atoms with Gasteiger partial charge in [-0.05, 0) is 23.9 Å². The first-order chi connectivity index (χ1) is 9.31. The third-order valence-electron chi connectivity index (χ3n) is 2.81. The molecule has 0 amide bonds. The zero-order chi connectivity index (χ0) is 13.1. The standard InChI is InChI=1S/C14H14N4S/c1-10-4-6-11(7-5-10)9-15-14-16-13(17-18-14)12-3-2-8-19-12/h2-8H,9H2,1H3,(H2,15,16,17,18). The zero-order valence-corrected chi connectivity index (χ0v) is 11.4. The molecule has 2 heterocycles. The summed E-state index contributed by atoms with van der Waals surface area (Å²) in [5.41, 5.74) is 2.48. The Bertz CT molecular complexity index is 640. The number of anilines is 1. The van der Waals surface area contributed by atoms with E-state index in [0.717, 1.165) is 17.2 Å². The maximum Gasteiger partial charge on any atom is 0.242 e. The lowest BCUT2D eigenvalue weighted by Crippen LogP contribution is -2.00. The van der Waals surface area contributed by atoms with Crippen LogP contribution < -0.4 is 5.32 Å². The van der Waals surface area contributed by atoms with Gasteiger partial charge < -0.3 is 5.32 Å². The van der Waals surface area contributed by atoms with E-state index in [1.807, 2.05) is 17.5 Å². The largest absolute Gasteiger partial charge is 0.349 e. The molecule has 0 saturated heterocycles. The molecule has 0 saturated carbocycles. The number of thiophene rings is 1. The normalized spacial score (nSPS) is 10.6. The Morgan fingerprint density at radius 1 is 1.21 bits per heavy atom. The van der Waals surface area contributed by atoms with E-state index < -0.39 is 0 Å². The van der Waals surface area contributed by atoms with E-state index in [2.05, 4.69) is 51.7 Å². The average Bonchev–Trinajstić information content (AvgIpc) is 3.09. The topological polar surface area (TPSA) is 53.6 Å². The van der Waals surface area contributed by atoms with Gasteiger partial charge >= 0.3 is 0 Å². The van der Waals surface area contributed by atoms with E-state index in [1.54, 1.807) is 11.3 Å². The number of nitrogens with zero attached hydrogens (tertiary/aromatic N) is 2. The molecule has 0 spiro atoms. The fourth-order valence-electron chi connectivity index (χ4n) is 1.75. The van der Waals surface area contributed by atoms with Crippen LogP contribution in [0.2, 0.25) is 0 Å². The Kier molecular flexibility index (Phi) is 3.29. The smallest absolute Gasteiger partial charge is 0.242 e. The van der Waals surface area contributed by atoms with Crippen molar-refractivity contribution in [2.24, 2.45) is 0 Å². The molecule has 0 aliphatic heterocycles. The fraction of sp³-hybridized carbons (Fsp3) is 0.143. The van der Waals surface area contributed by atoms with Crippen molar-refractivity contribution in [1.82, 2.24) is 15.2 Å². The van der Waals surface area contributed by atoms with Crippen LogP contribution in [0.15, 0.2) is 41.8 Å². The molecular weight excluding hydrogens is 256 g/mol. The zero-order valence-electron chi connectivity index (χ0n) is 10.6. The molecule has 5 heteroatoms. The molecule has 3 aromatic rings. The van der Waals surface area contributed by atoms with Crippen molar-refractivity contribution in [3.05, 3.63) is 52.9 Å². The van der Waals surface area contributed by atoms with Crippen molar-refractivity contribution < 1.29 is 0 Å². The molecular formula is C14H14N4S. The molecule has 0 atom stereocenters. The van der Waals surface area contributed by atoms with Crippen LogP contribution in [0.1, 0.15) is 11.1 Å². The van der Waals surface area contributed by atoms with Gasteiger partial charge in [0.2, 0.25) is 5.95 Å². The predicted molar refractivity (Wildman–Crippen MR) is 78.2 cm³/mol. The Hall–Kier alpha value is -2.14. The van der Waals surface area contributed by atoms with Crippen molar-refractivity contribution in [2.45, 2.75) is 13.5 Å². The highest BCUT2D eigenvalue weighted by atomic mass is 32.1. The third kappa shape index (κ3) is 2.82. The Balaban J connectivity index is 1.66. The summed E-state index contributed by atoms with van der Waals surface area (Å²) < 4.78 is 0. The lowest BCUT2D eigenvalue weighted by atomic mass is 10.1. The van der Waals surface area contributed by atoms with Gasteiger partial charge in [0, 0.05) is 6.54 Å². The van der Waals surface area contributed by atoms with Crippen LogP contribution in [-0.2, 0) is 6.54 Å². The fourth-order valence-corrected chi connectivity index (χ4v) is 2.42. The minimum atomic E-state index is 0.629. The molecule has 1 aromatic carbocycles. The third-order valence-corrected chi connectivity index (χ3v) is 3.69. The molecule has 0 bridgehead atoms. The number of rotatable bonds is 4. The van der Waals surface area contributed by atoms with Gasteiger partial charge in [0.05, 0.1) is 4.88 Å². The number of hydrogen-bond acceptors (Lipinski definition) is 4. The molecule has 2 aromatic heterocycles. The van der Waals surface area contributed by atoms with Gasteiger partial charge in [0.1, 0.15) is 0 Å². The summed E-state index contributed by atoms with van der Waals surface area (Å²) >= 11 is 1.64. The van der Waals surface area contributed by atoms with Crippen LogP contribution in [-0.4, -0.2) is 15.2 Å². The minimum Gasteiger partial charge on any atom is -0.349 e. The van der Waals surface area contributed by atoms with Gasteiger partial charge in [0.25, 0.3) is 0 Å². The van der Waals surface area contributed by atoms with E-state index in [9.17, 15) is 0 Å². The van der Waals surface area contributed by atoms with Crippen LogP contribution in [0.25, 0.3) is 10.7 Å². The van der Waals surface area contributed by atoms with E-state index in [4.69, 9.17) is 0 Å². The molecule has 0 radical (unpaired) electrons.